The molecule has 3 nitrogen and oxygen atoms in total. The van der Waals surface area contributed by atoms with E-state index in [0.29, 0.717) is 23.7 Å². The number of fused-ring (bicyclic) bond motifs is 8. The van der Waals surface area contributed by atoms with Gasteiger partial charge in [0.05, 0.1) is 39.8 Å². The molecule has 0 N–H and O–H groups in total. The highest BCUT2D eigenvalue weighted by atomic mass is 14.9. The zero-order valence-corrected chi connectivity index (χ0v) is 39.8. The summed E-state index contributed by atoms with van der Waals surface area (Å²) in [4.78, 5) is 0. The van der Waals surface area contributed by atoms with Crippen LogP contribution in [0.5, 0.6) is 0 Å². The van der Waals surface area contributed by atoms with Gasteiger partial charge in [0, 0.05) is 32.4 Å². The molecule has 0 amide bonds. The van der Waals surface area contributed by atoms with Gasteiger partial charge in [-0.05, 0) is 201 Å². The average molecular weight is 828 g/mol. The third-order valence-corrected chi connectivity index (χ3v) is 21.6. The Labute approximate surface area is 375 Å². The Balaban J connectivity index is 1.30. The SMILES string of the molecule is CC(C)(C)c1cc2c3c(c1)C(C)(C)C(C)(C)c1c-3c(c3c4c5c(c(C#N)cc4n4c6cc(C#N)c7c(c6c1c34)C1CC3CC(CC7C3)C1)C1CC3CC(C1)CC5C3)C(C)(C)C2(C)C. The van der Waals surface area contributed by atoms with Gasteiger partial charge >= 0.3 is 0 Å². The molecule has 0 radical (unpaired) electrons. The fourth-order valence-electron chi connectivity index (χ4n) is 17.8. The summed E-state index contributed by atoms with van der Waals surface area (Å²) >= 11 is 0. The van der Waals surface area contributed by atoms with Crippen LogP contribution in [0.2, 0.25) is 0 Å². The van der Waals surface area contributed by atoms with Gasteiger partial charge in [-0.1, -0.05) is 88.3 Å². The van der Waals surface area contributed by atoms with Crippen molar-refractivity contribution in [1.82, 2.24) is 4.40 Å². The van der Waals surface area contributed by atoms with Crippen molar-refractivity contribution in [3.8, 4) is 23.3 Å². The van der Waals surface area contributed by atoms with Crippen LogP contribution in [-0.2, 0) is 27.1 Å². The average Bonchev–Trinajstić information content (AvgIpc) is 3.58. The summed E-state index contributed by atoms with van der Waals surface area (Å²) in [6.45, 7) is 27.9. The first-order valence-corrected chi connectivity index (χ1v) is 25.2. The monoisotopic (exact) mass is 828 g/mol. The molecule has 320 valence electrons. The molecule has 63 heavy (non-hydrogen) atoms. The van der Waals surface area contributed by atoms with E-state index in [2.05, 4.69) is 117 Å². The van der Waals surface area contributed by atoms with E-state index in [-0.39, 0.29) is 27.1 Å². The van der Waals surface area contributed by atoms with E-state index in [1.54, 1.807) is 27.8 Å². The summed E-state index contributed by atoms with van der Waals surface area (Å²) in [7, 11) is 0. The number of benzene rings is 4. The maximum Gasteiger partial charge on any atom is 0.0995 e. The predicted molar refractivity (Wildman–Crippen MR) is 258 cm³/mol. The largest absolute Gasteiger partial charge is 0.308 e. The molecule has 4 aromatic carbocycles. The fraction of sp³-hybridized carbons (Fsp3) is 0.567. The number of hydrogen-bond acceptors (Lipinski definition) is 2. The van der Waals surface area contributed by atoms with Crippen LogP contribution in [-0.4, -0.2) is 4.40 Å². The van der Waals surface area contributed by atoms with Crippen molar-refractivity contribution in [2.75, 3.05) is 0 Å². The van der Waals surface area contributed by atoms with Crippen LogP contribution in [0.3, 0.4) is 0 Å². The van der Waals surface area contributed by atoms with Crippen molar-refractivity contribution in [2.45, 2.75) is 191 Å². The molecular weight excluding hydrogens is 763 g/mol. The molecule has 16 rings (SSSR count). The Bertz CT molecular complexity index is 3020. The fourth-order valence-corrected chi connectivity index (χ4v) is 17.8. The Kier molecular flexibility index (Phi) is 6.74. The minimum Gasteiger partial charge on any atom is -0.308 e. The number of aromatic nitrogens is 1. The molecule has 0 spiro atoms. The van der Waals surface area contributed by atoms with Crippen LogP contribution in [0, 0.1) is 46.3 Å². The molecule has 10 aliphatic rings. The number of nitrogens with zero attached hydrogens (tertiary/aromatic N) is 3. The molecule has 0 saturated heterocycles. The van der Waals surface area contributed by atoms with Crippen molar-refractivity contribution < 1.29 is 0 Å². The summed E-state index contributed by atoms with van der Waals surface area (Å²) in [5.74, 6) is 4.94. The van der Waals surface area contributed by atoms with Gasteiger partial charge in [-0.15, -0.1) is 0 Å². The van der Waals surface area contributed by atoms with E-state index < -0.39 is 0 Å². The molecule has 4 atom stereocenters. The molecule has 4 fully saturated rings. The normalized spacial score (nSPS) is 31.6. The van der Waals surface area contributed by atoms with Gasteiger partial charge < -0.3 is 4.40 Å². The van der Waals surface area contributed by atoms with Gasteiger partial charge in [0.1, 0.15) is 0 Å². The van der Waals surface area contributed by atoms with Gasteiger partial charge in [0.2, 0.25) is 0 Å². The summed E-state index contributed by atoms with van der Waals surface area (Å²) in [6, 6.07) is 15.8. The first kappa shape index (κ1) is 38.0. The van der Waals surface area contributed by atoms with E-state index in [4.69, 9.17) is 0 Å². The van der Waals surface area contributed by atoms with Gasteiger partial charge in [-0.3, -0.25) is 0 Å². The predicted octanol–water partition coefficient (Wildman–Crippen LogP) is 15.5. The number of rotatable bonds is 0. The summed E-state index contributed by atoms with van der Waals surface area (Å²) in [5, 5.41) is 28.6. The minimum atomic E-state index is -0.225. The Morgan fingerprint density at radius 1 is 0.476 bits per heavy atom. The lowest BCUT2D eigenvalue weighted by atomic mass is 9.46. The summed E-state index contributed by atoms with van der Waals surface area (Å²) < 4.78 is 2.69. The Morgan fingerprint density at radius 3 is 1.19 bits per heavy atom. The molecule has 4 saturated carbocycles. The van der Waals surface area contributed by atoms with E-state index >= 15 is 0 Å². The van der Waals surface area contributed by atoms with Crippen molar-refractivity contribution >= 4 is 38.1 Å². The molecule has 2 heterocycles. The minimum absolute atomic E-state index is 0.0139. The highest BCUT2D eigenvalue weighted by Gasteiger charge is 2.58. The molecular formula is C60H65N3. The second-order valence-electron chi connectivity index (χ2n) is 26.4. The Morgan fingerprint density at radius 2 is 0.841 bits per heavy atom. The standard InChI is InChI=1S/C60H65N3/c1-56(2,3)38-24-39-47-40(25-38)58(6,7)60(10,11)54-50(47)53(59(8,9)57(39,4)5)51-48-41(22-36(26-61)43-32-14-28-12-29(15-32)19-34(18-28)45(43)48)63-42-23-37(27-62)44-33-16-30-13-31(17-33)21-35(20-30)46(44)49(42)52(54)55(51)63/h22-25,28-35H,12-21H2,1-11H3. The zero-order chi connectivity index (χ0) is 43.6. The first-order chi connectivity index (χ1) is 29.8. The van der Waals surface area contributed by atoms with Crippen LogP contribution in [0.15, 0.2) is 24.3 Å². The van der Waals surface area contributed by atoms with Crippen LogP contribution in [0.4, 0.5) is 0 Å². The molecule has 6 aromatic rings. The highest BCUT2D eigenvalue weighted by Crippen LogP contribution is 2.70. The third kappa shape index (κ3) is 4.14. The second-order valence-corrected chi connectivity index (χ2v) is 26.4. The molecule has 3 heteroatoms. The van der Waals surface area contributed by atoms with E-state index in [1.807, 2.05) is 0 Å². The van der Waals surface area contributed by atoms with E-state index in [9.17, 15) is 10.5 Å². The molecule has 2 aromatic heterocycles. The van der Waals surface area contributed by atoms with E-state index in [0.717, 1.165) is 34.8 Å². The first-order valence-electron chi connectivity index (χ1n) is 25.2. The lowest BCUT2D eigenvalue weighted by Crippen LogP contribution is -2.50. The maximum absolute atomic E-state index is 11.3. The second kappa shape index (κ2) is 11.2. The topological polar surface area (TPSA) is 52.0 Å². The zero-order valence-electron chi connectivity index (χ0n) is 39.8. The van der Waals surface area contributed by atoms with Crippen molar-refractivity contribution in [2.24, 2.45) is 23.7 Å². The van der Waals surface area contributed by atoms with Crippen LogP contribution >= 0.6 is 0 Å². The maximum atomic E-state index is 11.3. The third-order valence-electron chi connectivity index (χ3n) is 21.6. The number of nitriles is 2. The molecule has 0 aliphatic heterocycles. The van der Waals surface area contributed by atoms with Crippen LogP contribution in [0.25, 0.3) is 49.2 Å². The summed E-state index contributed by atoms with van der Waals surface area (Å²) in [5.41, 5.74) is 21.6. The summed E-state index contributed by atoms with van der Waals surface area (Å²) in [6.07, 6.45) is 12.8. The van der Waals surface area contributed by atoms with Crippen molar-refractivity contribution in [1.29, 1.82) is 10.5 Å². The van der Waals surface area contributed by atoms with Gasteiger partial charge in [0.15, 0.2) is 0 Å². The molecule has 4 unspecified atom stereocenters. The van der Waals surface area contributed by atoms with E-state index in [1.165, 1.54) is 136 Å². The lowest BCUT2D eigenvalue weighted by Gasteiger charge is -2.57. The highest BCUT2D eigenvalue weighted by molar-refractivity contribution is 6.30. The Hall–Kier alpha value is -4.34. The number of hydrogen-bond donors (Lipinski definition) is 0. The van der Waals surface area contributed by atoms with Crippen molar-refractivity contribution in [3.63, 3.8) is 0 Å². The van der Waals surface area contributed by atoms with Crippen molar-refractivity contribution in [3.05, 3.63) is 85.5 Å². The van der Waals surface area contributed by atoms with Gasteiger partial charge in [-0.2, -0.15) is 10.5 Å². The van der Waals surface area contributed by atoms with Crippen LogP contribution in [0.1, 0.15) is 225 Å². The quantitative estimate of drug-likeness (QED) is 0.153. The molecule has 10 aliphatic carbocycles. The van der Waals surface area contributed by atoms with Crippen LogP contribution < -0.4 is 0 Å². The van der Waals surface area contributed by atoms with Gasteiger partial charge in [-0.25, -0.2) is 0 Å². The lowest BCUT2D eigenvalue weighted by molar-refractivity contribution is 0.166. The molecule has 8 bridgehead atoms. The van der Waals surface area contributed by atoms with Gasteiger partial charge in [0.25, 0.3) is 0 Å². The smallest absolute Gasteiger partial charge is 0.0995 e.